The van der Waals surface area contributed by atoms with E-state index in [0.717, 1.165) is 21.6 Å². The smallest absolute Gasteiger partial charge is 0.263 e. The van der Waals surface area contributed by atoms with Crippen molar-refractivity contribution in [1.29, 1.82) is 0 Å². The third-order valence-electron chi connectivity index (χ3n) is 5.80. The van der Waals surface area contributed by atoms with Gasteiger partial charge in [0.25, 0.3) is 11.8 Å². The molecule has 1 fully saturated rings. The van der Waals surface area contributed by atoms with Crippen LogP contribution < -0.4 is 4.90 Å². The second-order valence-corrected chi connectivity index (χ2v) is 8.36. The van der Waals surface area contributed by atoms with E-state index in [1.165, 1.54) is 10.6 Å². The van der Waals surface area contributed by atoms with E-state index in [4.69, 9.17) is 16.1 Å². The molecule has 2 aliphatic rings. The molecule has 162 valence electrons. The van der Waals surface area contributed by atoms with E-state index in [1.54, 1.807) is 18.2 Å². The van der Waals surface area contributed by atoms with Crippen LogP contribution in [0.3, 0.4) is 0 Å². The molecule has 2 amide bonds. The fourth-order valence-corrected chi connectivity index (χ4v) is 3.96. The quantitative estimate of drug-likeness (QED) is 0.560. The highest BCUT2D eigenvalue weighted by Crippen LogP contribution is 2.34. The lowest BCUT2D eigenvalue weighted by Gasteiger charge is -2.19. The van der Waals surface area contributed by atoms with Gasteiger partial charge >= 0.3 is 0 Å². The minimum atomic E-state index is -0.912. The summed E-state index contributed by atoms with van der Waals surface area (Å²) in [7, 11) is 0. The van der Waals surface area contributed by atoms with E-state index < -0.39 is 23.9 Å². The second-order valence-electron chi connectivity index (χ2n) is 7.95. The molecule has 5 rings (SSSR count). The van der Waals surface area contributed by atoms with Gasteiger partial charge in [0.05, 0.1) is 5.69 Å². The lowest BCUT2D eigenvalue weighted by molar-refractivity contribution is -0.123. The summed E-state index contributed by atoms with van der Waals surface area (Å²) in [5, 5.41) is 14.0. The van der Waals surface area contributed by atoms with Crippen LogP contribution in [-0.4, -0.2) is 39.0 Å². The number of anilines is 1. The Hall–Kier alpha value is -3.59. The zero-order valence-electron chi connectivity index (χ0n) is 17.6. The summed E-state index contributed by atoms with van der Waals surface area (Å²) < 4.78 is 5.37. The van der Waals surface area contributed by atoms with Crippen molar-refractivity contribution in [1.82, 2.24) is 15.1 Å². The fraction of sp³-hybridized carbons (Fsp3) is 0.273. The Balaban J connectivity index is 1.37. The van der Waals surface area contributed by atoms with Crippen LogP contribution >= 0.6 is 11.6 Å². The van der Waals surface area contributed by atoms with E-state index in [2.05, 4.69) is 20.5 Å². The molecule has 0 saturated carbocycles. The van der Waals surface area contributed by atoms with Gasteiger partial charge in [-0.1, -0.05) is 40.2 Å². The fourth-order valence-electron chi connectivity index (χ4n) is 3.78. The number of imide groups is 1. The molecular formula is C22H19ClN6O3. The highest BCUT2D eigenvalue weighted by atomic mass is 35.5. The third kappa shape index (κ3) is 3.25. The van der Waals surface area contributed by atoms with Gasteiger partial charge in [-0.25, -0.2) is 4.90 Å². The number of hydrogen-bond acceptors (Lipinski definition) is 8. The molecule has 0 bridgehead atoms. The highest BCUT2D eigenvalue weighted by Gasteiger charge is 2.55. The number of hydrogen-bond donors (Lipinski definition) is 0. The average molecular weight is 451 g/mol. The van der Waals surface area contributed by atoms with Gasteiger partial charge in [0, 0.05) is 10.6 Å². The average Bonchev–Trinajstić information content (AvgIpc) is 3.45. The number of carbonyl (C=O) groups is 2. The van der Waals surface area contributed by atoms with Crippen molar-refractivity contribution in [2.45, 2.75) is 39.4 Å². The van der Waals surface area contributed by atoms with Gasteiger partial charge in [0.2, 0.25) is 11.7 Å². The van der Waals surface area contributed by atoms with Crippen molar-refractivity contribution >= 4 is 29.1 Å². The molecule has 9 nitrogen and oxygen atoms in total. The van der Waals surface area contributed by atoms with Crippen LogP contribution in [0.15, 0.2) is 51.3 Å². The van der Waals surface area contributed by atoms with Crippen molar-refractivity contribution in [2.24, 2.45) is 10.3 Å². The highest BCUT2D eigenvalue weighted by molar-refractivity contribution is 6.32. The number of amides is 2. The second kappa shape index (κ2) is 7.52. The molecule has 0 aliphatic carbocycles. The molecule has 1 saturated heterocycles. The Labute approximate surface area is 188 Å². The summed E-state index contributed by atoms with van der Waals surface area (Å²) in [4.78, 5) is 31.5. The summed E-state index contributed by atoms with van der Waals surface area (Å²) in [6.07, 6.45) is 0. The van der Waals surface area contributed by atoms with Crippen LogP contribution in [-0.2, 0) is 16.1 Å². The number of carbonyl (C=O) groups excluding carboxylic acids is 2. The summed E-state index contributed by atoms with van der Waals surface area (Å²) in [6.45, 7) is 5.95. The summed E-state index contributed by atoms with van der Waals surface area (Å²) in [6, 6.07) is 9.18. The number of aryl methyl sites for hydroxylation is 3. The maximum absolute atomic E-state index is 13.1. The molecule has 0 radical (unpaired) electrons. The summed E-state index contributed by atoms with van der Waals surface area (Å²) >= 11 is 6.19. The minimum absolute atomic E-state index is 0.0595. The Morgan fingerprint density at radius 3 is 2.53 bits per heavy atom. The minimum Gasteiger partial charge on any atom is -0.337 e. The number of fused-ring (bicyclic) bond motifs is 1. The van der Waals surface area contributed by atoms with Crippen LogP contribution in [0, 0.1) is 20.8 Å². The van der Waals surface area contributed by atoms with Gasteiger partial charge in [-0.2, -0.15) is 10.1 Å². The molecule has 0 N–H and O–H groups in total. The maximum Gasteiger partial charge on any atom is 0.263 e. The molecule has 2 atom stereocenters. The first kappa shape index (κ1) is 20.3. The molecule has 0 spiro atoms. The molecule has 2 aliphatic heterocycles. The van der Waals surface area contributed by atoms with Crippen molar-refractivity contribution in [3.05, 3.63) is 64.0 Å². The monoisotopic (exact) mass is 450 g/mol. The largest absolute Gasteiger partial charge is 0.337 e. The van der Waals surface area contributed by atoms with Gasteiger partial charge < -0.3 is 4.52 Å². The van der Waals surface area contributed by atoms with Crippen molar-refractivity contribution in [3.8, 4) is 11.4 Å². The van der Waals surface area contributed by atoms with Crippen molar-refractivity contribution in [2.75, 3.05) is 4.90 Å². The number of benzene rings is 2. The van der Waals surface area contributed by atoms with E-state index in [0.29, 0.717) is 16.5 Å². The summed E-state index contributed by atoms with van der Waals surface area (Å²) in [5.74, 6) is -0.137. The predicted octanol–water partition coefficient (Wildman–Crippen LogP) is 3.81. The molecule has 3 aromatic rings. The Morgan fingerprint density at radius 2 is 1.78 bits per heavy atom. The number of aromatic nitrogens is 2. The zero-order chi connectivity index (χ0) is 22.6. The predicted molar refractivity (Wildman–Crippen MR) is 116 cm³/mol. The molecule has 10 heteroatoms. The lowest BCUT2D eigenvalue weighted by Crippen LogP contribution is -2.39. The van der Waals surface area contributed by atoms with Gasteiger partial charge in [0.1, 0.15) is 6.54 Å². The Kier molecular flexibility index (Phi) is 4.78. The van der Waals surface area contributed by atoms with Gasteiger partial charge in [-0.05, 0) is 55.7 Å². The van der Waals surface area contributed by atoms with E-state index >= 15 is 0 Å². The standard InChI is InChI=1S/C22H19ClN6O3/c1-11-4-6-14(8-13(11)3)20-24-17(32-26-20)10-28-19-18(25-27-28)21(30)29(22(19)31)15-7-5-12(2)16(23)9-15/h4-9,18-19H,10H2,1-3H3/t18-,19+/m1/s1. The van der Waals surface area contributed by atoms with Gasteiger partial charge in [-0.15, -0.1) is 0 Å². The molecule has 0 unspecified atom stereocenters. The van der Waals surface area contributed by atoms with E-state index in [-0.39, 0.29) is 12.4 Å². The van der Waals surface area contributed by atoms with Crippen LogP contribution in [0.5, 0.6) is 0 Å². The van der Waals surface area contributed by atoms with E-state index in [9.17, 15) is 9.59 Å². The van der Waals surface area contributed by atoms with Crippen LogP contribution in [0.25, 0.3) is 11.4 Å². The molecule has 3 heterocycles. The Morgan fingerprint density at radius 1 is 1.00 bits per heavy atom. The van der Waals surface area contributed by atoms with Crippen LogP contribution in [0.4, 0.5) is 5.69 Å². The van der Waals surface area contributed by atoms with Crippen LogP contribution in [0.2, 0.25) is 5.02 Å². The molecule has 2 aromatic carbocycles. The topological polar surface area (TPSA) is 104 Å². The molecule has 1 aromatic heterocycles. The number of rotatable bonds is 4. The SMILES string of the molecule is Cc1ccc(-c2noc(CN3N=N[C@H]4C(=O)N(c5ccc(C)c(Cl)c5)C(=O)[C@H]43)n2)cc1C. The van der Waals surface area contributed by atoms with E-state index in [1.807, 2.05) is 39.0 Å². The molecular weight excluding hydrogens is 432 g/mol. The summed E-state index contributed by atoms with van der Waals surface area (Å²) in [5.41, 5.74) is 4.39. The first-order valence-electron chi connectivity index (χ1n) is 10.0. The zero-order valence-corrected chi connectivity index (χ0v) is 18.4. The third-order valence-corrected chi connectivity index (χ3v) is 6.21. The van der Waals surface area contributed by atoms with Crippen molar-refractivity contribution in [3.63, 3.8) is 0 Å². The number of nitrogens with zero attached hydrogens (tertiary/aromatic N) is 6. The lowest BCUT2D eigenvalue weighted by atomic mass is 10.1. The van der Waals surface area contributed by atoms with Crippen molar-refractivity contribution < 1.29 is 14.1 Å². The normalized spacial score (nSPS) is 19.9. The van der Waals surface area contributed by atoms with Crippen LogP contribution in [0.1, 0.15) is 22.6 Å². The first-order valence-corrected chi connectivity index (χ1v) is 10.4. The molecule has 32 heavy (non-hydrogen) atoms. The number of halogens is 1. The van der Waals surface area contributed by atoms with Gasteiger partial charge in [-0.3, -0.25) is 14.6 Å². The Bertz CT molecular complexity index is 1290. The first-order chi connectivity index (χ1) is 15.3. The maximum atomic E-state index is 13.1. The van der Waals surface area contributed by atoms with Gasteiger partial charge in [0.15, 0.2) is 12.1 Å².